The Labute approximate surface area is 197 Å². The van der Waals surface area contributed by atoms with Gasteiger partial charge in [-0.3, -0.25) is 19.0 Å². The minimum Gasteiger partial charge on any atom is -0.356 e. The number of nitrogens with zero attached hydrogens (tertiary/aromatic N) is 4. The molecule has 0 aliphatic carbocycles. The highest BCUT2D eigenvalue weighted by atomic mass is 35.5. The summed E-state index contributed by atoms with van der Waals surface area (Å²) < 4.78 is 14.8. The molecule has 2 N–H and O–H groups in total. The zero-order chi connectivity index (χ0) is 23.5. The summed E-state index contributed by atoms with van der Waals surface area (Å²) >= 11 is 6.94. The molecule has 0 saturated carbocycles. The van der Waals surface area contributed by atoms with Crippen molar-refractivity contribution in [3.8, 4) is 0 Å². The molecule has 0 spiro atoms. The highest BCUT2D eigenvalue weighted by Crippen LogP contribution is 2.29. The first-order chi connectivity index (χ1) is 15.9. The Morgan fingerprint density at radius 2 is 2.18 bits per heavy atom. The van der Waals surface area contributed by atoms with Crippen molar-refractivity contribution in [1.29, 1.82) is 0 Å². The fourth-order valence-electron chi connectivity index (χ4n) is 3.70. The lowest BCUT2D eigenvalue weighted by Crippen LogP contribution is -2.43. The minimum atomic E-state index is -0.590. The number of hydrogen-bond acceptors (Lipinski definition) is 7. The number of rotatable bonds is 6. The zero-order valence-electron chi connectivity index (χ0n) is 17.8. The van der Waals surface area contributed by atoms with Crippen LogP contribution in [0.2, 0.25) is 5.02 Å². The normalized spacial score (nSPS) is 16.1. The van der Waals surface area contributed by atoms with Crippen LogP contribution in [0.4, 0.5) is 15.2 Å². The predicted molar refractivity (Wildman–Crippen MR) is 125 cm³/mol. The number of piperidine rings is 1. The standard InChI is InChI=1S/C21H22ClFN6O3S/c1-2-24-19(31)12-4-3-7-28(9-12)21-27-18-17(33-21)20(32)29(11-25-18)10-16(30)26-13-5-6-15(23)14(22)8-13/h5-6,8,11-12H,2-4,7,9-10H2,1H3,(H,24,31)(H,26,30)/t12-/m0/s1. The predicted octanol–water partition coefficient (Wildman–Crippen LogP) is 2.64. The van der Waals surface area contributed by atoms with E-state index in [2.05, 4.69) is 20.6 Å². The number of carbonyl (C=O) groups is 2. The molecule has 2 amide bonds. The summed E-state index contributed by atoms with van der Waals surface area (Å²) in [5.41, 5.74) is 0.246. The van der Waals surface area contributed by atoms with Gasteiger partial charge in [0, 0.05) is 25.3 Å². The fraction of sp³-hybridized carbons (Fsp3) is 0.381. The van der Waals surface area contributed by atoms with E-state index in [1.54, 1.807) is 0 Å². The van der Waals surface area contributed by atoms with Gasteiger partial charge in [-0.2, -0.15) is 4.98 Å². The topological polar surface area (TPSA) is 109 Å². The molecule has 1 atom stereocenters. The van der Waals surface area contributed by atoms with Crippen LogP contribution in [0.15, 0.2) is 29.3 Å². The van der Waals surface area contributed by atoms with Crippen LogP contribution in [0, 0.1) is 11.7 Å². The smallest absolute Gasteiger partial charge is 0.273 e. The van der Waals surface area contributed by atoms with Crippen molar-refractivity contribution < 1.29 is 14.0 Å². The Balaban J connectivity index is 1.50. The molecule has 3 aromatic rings. The number of amides is 2. The average molecular weight is 493 g/mol. The number of thiazole rings is 1. The minimum absolute atomic E-state index is 0.0252. The van der Waals surface area contributed by atoms with E-state index < -0.39 is 11.7 Å². The molecule has 174 valence electrons. The first-order valence-corrected chi connectivity index (χ1v) is 11.7. The van der Waals surface area contributed by atoms with Gasteiger partial charge in [-0.15, -0.1) is 0 Å². The lowest BCUT2D eigenvalue weighted by Gasteiger charge is -2.31. The number of fused-ring (bicyclic) bond motifs is 1. The lowest BCUT2D eigenvalue weighted by atomic mass is 9.97. The van der Waals surface area contributed by atoms with Crippen molar-refractivity contribution in [1.82, 2.24) is 19.9 Å². The Kier molecular flexibility index (Phi) is 6.89. The first kappa shape index (κ1) is 23.1. The van der Waals surface area contributed by atoms with Gasteiger partial charge in [0.1, 0.15) is 23.4 Å². The summed E-state index contributed by atoms with van der Waals surface area (Å²) in [6.07, 6.45) is 2.94. The first-order valence-electron chi connectivity index (χ1n) is 10.5. The third-order valence-corrected chi connectivity index (χ3v) is 6.69. The summed E-state index contributed by atoms with van der Waals surface area (Å²) in [6, 6.07) is 3.82. The van der Waals surface area contributed by atoms with Crippen molar-refractivity contribution in [2.75, 3.05) is 29.9 Å². The second kappa shape index (κ2) is 9.84. The van der Waals surface area contributed by atoms with Gasteiger partial charge in [0.15, 0.2) is 10.8 Å². The molecular weight excluding hydrogens is 471 g/mol. The van der Waals surface area contributed by atoms with Crippen LogP contribution in [0.1, 0.15) is 19.8 Å². The third kappa shape index (κ3) is 5.14. The maximum absolute atomic E-state index is 13.3. The monoisotopic (exact) mass is 492 g/mol. The van der Waals surface area contributed by atoms with Crippen LogP contribution in [-0.4, -0.2) is 46.0 Å². The summed E-state index contributed by atoms with van der Waals surface area (Å²) in [6.45, 7) is 3.47. The molecular formula is C21H22ClFN6O3S. The molecule has 12 heteroatoms. The van der Waals surface area contributed by atoms with Crippen molar-refractivity contribution in [2.24, 2.45) is 5.92 Å². The van der Waals surface area contributed by atoms with E-state index in [0.29, 0.717) is 34.3 Å². The van der Waals surface area contributed by atoms with E-state index in [-0.39, 0.29) is 29.0 Å². The van der Waals surface area contributed by atoms with Gasteiger partial charge in [0.05, 0.1) is 10.9 Å². The number of anilines is 2. The second-order valence-electron chi connectivity index (χ2n) is 7.68. The van der Waals surface area contributed by atoms with E-state index in [1.807, 2.05) is 11.8 Å². The average Bonchev–Trinajstić information content (AvgIpc) is 3.24. The van der Waals surface area contributed by atoms with E-state index in [0.717, 1.165) is 25.5 Å². The maximum atomic E-state index is 13.3. The summed E-state index contributed by atoms with van der Waals surface area (Å²) in [5, 5.41) is 5.96. The van der Waals surface area contributed by atoms with Crippen LogP contribution >= 0.6 is 22.9 Å². The molecule has 2 aromatic heterocycles. The fourth-order valence-corrected chi connectivity index (χ4v) is 4.88. The van der Waals surface area contributed by atoms with Gasteiger partial charge in [0.25, 0.3) is 5.56 Å². The van der Waals surface area contributed by atoms with Crippen molar-refractivity contribution >= 4 is 55.9 Å². The van der Waals surface area contributed by atoms with Crippen LogP contribution < -0.4 is 21.1 Å². The number of carbonyl (C=O) groups excluding carboxylic acids is 2. The third-order valence-electron chi connectivity index (χ3n) is 5.30. The van der Waals surface area contributed by atoms with Gasteiger partial charge >= 0.3 is 0 Å². The van der Waals surface area contributed by atoms with E-state index >= 15 is 0 Å². The molecule has 1 aliphatic rings. The number of aromatic nitrogens is 3. The zero-order valence-corrected chi connectivity index (χ0v) is 19.4. The van der Waals surface area contributed by atoms with Crippen LogP contribution in [0.3, 0.4) is 0 Å². The molecule has 9 nitrogen and oxygen atoms in total. The van der Waals surface area contributed by atoms with Crippen molar-refractivity contribution in [3.63, 3.8) is 0 Å². The summed E-state index contributed by atoms with van der Waals surface area (Å²) in [5.74, 6) is -1.17. The van der Waals surface area contributed by atoms with Crippen LogP contribution in [-0.2, 0) is 16.1 Å². The number of hydrogen-bond donors (Lipinski definition) is 2. The Morgan fingerprint density at radius 3 is 2.94 bits per heavy atom. The Hall–Kier alpha value is -3.05. The second-order valence-corrected chi connectivity index (χ2v) is 9.07. The molecule has 1 fully saturated rings. The SMILES string of the molecule is CCNC(=O)[C@H]1CCCN(c2nc3ncn(CC(=O)Nc4ccc(F)c(Cl)c4)c(=O)c3s2)C1. The molecule has 3 heterocycles. The summed E-state index contributed by atoms with van der Waals surface area (Å²) in [7, 11) is 0. The lowest BCUT2D eigenvalue weighted by molar-refractivity contribution is -0.125. The molecule has 0 radical (unpaired) electrons. The highest BCUT2D eigenvalue weighted by Gasteiger charge is 2.27. The largest absolute Gasteiger partial charge is 0.356 e. The molecule has 1 saturated heterocycles. The maximum Gasteiger partial charge on any atom is 0.273 e. The van der Waals surface area contributed by atoms with E-state index in [4.69, 9.17) is 11.6 Å². The molecule has 33 heavy (non-hydrogen) atoms. The van der Waals surface area contributed by atoms with E-state index in [1.165, 1.54) is 34.4 Å². The number of nitrogens with one attached hydrogen (secondary N) is 2. The number of halogens is 2. The van der Waals surface area contributed by atoms with Gasteiger partial charge < -0.3 is 15.5 Å². The van der Waals surface area contributed by atoms with Gasteiger partial charge in [-0.1, -0.05) is 22.9 Å². The highest BCUT2D eigenvalue weighted by molar-refractivity contribution is 7.22. The van der Waals surface area contributed by atoms with Gasteiger partial charge in [0.2, 0.25) is 11.8 Å². The van der Waals surface area contributed by atoms with Crippen molar-refractivity contribution in [2.45, 2.75) is 26.3 Å². The Bertz CT molecular complexity index is 1260. The van der Waals surface area contributed by atoms with Gasteiger partial charge in [-0.25, -0.2) is 9.37 Å². The quantitative estimate of drug-likeness (QED) is 0.547. The molecule has 0 unspecified atom stereocenters. The molecule has 0 bridgehead atoms. The van der Waals surface area contributed by atoms with Crippen LogP contribution in [0.5, 0.6) is 0 Å². The molecule has 4 rings (SSSR count). The summed E-state index contributed by atoms with van der Waals surface area (Å²) in [4.78, 5) is 48.3. The molecule has 1 aromatic carbocycles. The van der Waals surface area contributed by atoms with E-state index in [9.17, 15) is 18.8 Å². The van der Waals surface area contributed by atoms with Crippen LogP contribution in [0.25, 0.3) is 10.3 Å². The number of benzene rings is 1. The Morgan fingerprint density at radius 1 is 1.36 bits per heavy atom. The van der Waals surface area contributed by atoms with Gasteiger partial charge in [-0.05, 0) is 38.0 Å². The van der Waals surface area contributed by atoms with Crippen molar-refractivity contribution in [3.05, 3.63) is 45.7 Å². The molecule has 1 aliphatic heterocycles.